The molecule has 2 heterocycles. The molecular formula is C19H23N5OS. The Kier molecular flexibility index (Phi) is 5.78. The molecule has 0 saturated carbocycles. The minimum Gasteiger partial charge on any atom is -0.325 e. The number of rotatable bonds is 7. The van der Waals surface area contributed by atoms with Crippen LogP contribution in [0.25, 0.3) is 0 Å². The van der Waals surface area contributed by atoms with E-state index in [1.807, 2.05) is 65.9 Å². The van der Waals surface area contributed by atoms with E-state index in [-0.39, 0.29) is 11.7 Å². The third-order valence-electron chi connectivity index (χ3n) is 4.05. The standard InChI is InChI=1S/C19H23N5OS/c1-4-8-16-21-22-19(24(16)23-11-5-6-12-23)26-13-17(25)20-18-14(2)9-7-10-15(18)3/h5-7,9-12H,4,8,13H2,1-3H3,(H,20,25). The van der Waals surface area contributed by atoms with E-state index >= 15 is 0 Å². The molecule has 136 valence electrons. The second-order valence-corrected chi connectivity index (χ2v) is 7.07. The Hall–Kier alpha value is -2.54. The lowest BCUT2D eigenvalue weighted by Crippen LogP contribution is -2.17. The molecule has 0 radical (unpaired) electrons. The maximum atomic E-state index is 12.4. The Bertz CT molecular complexity index is 865. The molecule has 0 aliphatic rings. The molecule has 0 unspecified atom stereocenters. The van der Waals surface area contributed by atoms with E-state index in [4.69, 9.17) is 0 Å². The summed E-state index contributed by atoms with van der Waals surface area (Å²) in [6.07, 6.45) is 5.71. The number of amides is 1. The number of hydrogen-bond acceptors (Lipinski definition) is 4. The molecule has 2 aromatic heterocycles. The zero-order valence-electron chi connectivity index (χ0n) is 15.3. The first-order valence-corrected chi connectivity index (χ1v) is 9.65. The van der Waals surface area contributed by atoms with Gasteiger partial charge >= 0.3 is 0 Å². The van der Waals surface area contributed by atoms with E-state index in [0.29, 0.717) is 5.16 Å². The Labute approximate surface area is 157 Å². The molecule has 3 rings (SSSR count). The molecule has 1 N–H and O–H groups in total. The summed E-state index contributed by atoms with van der Waals surface area (Å²) in [5.74, 6) is 1.12. The van der Waals surface area contributed by atoms with Gasteiger partial charge in [0.1, 0.15) is 0 Å². The number of anilines is 1. The molecule has 3 aromatic rings. The van der Waals surface area contributed by atoms with Gasteiger partial charge in [0.2, 0.25) is 11.1 Å². The third-order valence-corrected chi connectivity index (χ3v) is 4.97. The number of carbonyl (C=O) groups excluding carboxylic acids is 1. The summed E-state index contributed by atoms with van der Waals surface area (Å²) in [5, 5.41) is 12.3. The second-order valence-electron chi connectivity index (χ2n) is 6.13. The number of thioether (sulfide) groups is 1. The average Bonchev–Trinajstić information content (AvgIpc) is 3.26. The first kappa shape index (κ1) is 18.3. The molecule has 0 spiro atoms. The SMILES string of the molecule is CCCc1nnc(SCC(=O)Nc2c(C)cccc2C)n1-n1cccc1. The lowest BCUT2D eigenvalue weighted by molar-refractivity contribution is -0.113. The fourth-order valence-corrected chi connectivity index (χ4v) is 3.53. The van der Waals surface area contributed by atoms with Crippen molar-refractivity contribution in [2.75, 3.05) is 11.1 Å². The zero-order valence-corrected chi connectivity index (χ0v) is 16.1. The Morgan fingerprint density at radius 2 is 1.81 bits per heavy atom. The van der Waals surface area contributed by atoms with Crippen molar-refractivity contribution >= 4 is 23.4 Å². The average molecular weight is 369 g/mol. The van der Waals surface area contributed by atoms with Gasteiger partial charge in [0.15, 0.2) is 5.82 Å². The van der Waals surface area contributed by atoms with Crippen LogP contribution in [0.3, 0.4) is 0 Å². The predicted molar refractivity (Wildman–Crippen MR) is 105 cm³/mol. The third kappa shape index (κ3) is 3.99. The van der Waals surface area contributed by atoms with Gasteiger partial charge in [0.25, 0.3) is 0 Å². The first-order chi connectivity index (χ1) is 12.6. The maximum absolute atomic E-state index is 12.4. The molecule has 6 nitrogen and oxygen atoms in total. The van der Waals surface area contributed by atoms with Gasteiger partial charge in [-0.2, -0.15) is 0 Å². The van der Waals surface area contributed by atoms with Gasteiger partial charge in [-0.15, -0.1) is 10.2 Å². The molecule has 0 aliphatic carbocycles. The van der Waals surface area contributed by atoms with Crippen molar-refractivity contribution in [1.82, 2.24) is 19.5 Å². The molecular weight excluding hydrogens is 346 g/mol. The highest BCUT2D eigenvalue weighted by Gasteiger charge is 2.15. The highest BCUT2D eigenvalue weighted by atomic mass is 32.2. The summed E-state index contributed by atoms with van der Waals surface area (Å²) in [6, 6.07) is 9.89. The van der Waals surface area contributed by atoms with Gasteiger partial charge in [0.05, 0.1) is 5.75 Å². The zero-order chi connectivity index (χ0) is 18.5. The van der Waals surface area contributed by atoms with Crippen LogP contribution in [-0.2, 0) is 11.2 Å². The summed E-state index contributed by atoms with van der Waals surface area (Å²) in [5.41, 5.74) is 3.00. The lowest BCUT2D eigenvalue weighted by Gasteiger charge is -2.12. The van der Waals surface area contributed by atoms with Crippen molar-refractivity contribution < 1.29 is 4.79 Å². The highest BCUT2D eigenvalue weighted by Crippen LogP contribution is 2.22. The number of hydrogen-bond donors (Lipinski definition) is 1. The number of aryl methyl sites for hydroxylation is 3. The maximum Gasteiger partial charge on any atom is 0.234 e. The molecule has 1 aromatic carbocycles. The van der Waals surface area contributed by atoms with Crippen molar-refractivity contribution in [1.29, 1.82) is 0 Å². The fraction of sp³-hybridized carbons (Fsp3) is 0.316. The molecule has 1 amide bonds. The number of benzene rings is 1. The number of nitrogens with zero attached hydrogens (tertiary/aromatic N) is 4. The quantitative estimate of drug-likeness (QED) is 0.645. The Morgan fingerprint density at radius 3 is 2.46 bits per heavy atom. The molecule has 0 atom stereocenters. The molecule has 0 saturated heterocycles. The Balaban J connectivity index is 1.73. The normalized spacial score (nSPS) is 10.9. The van der Waals surface area contributed by atoms with Gasteiger partial charge in [-0.1, -0.05) is 36.9 Å². The van der Waals surface area contributed by atoms with Crippen molar-refractivity contribution in [3.05, 3.63) is 59.7 Å². The van der Waals surface area contributed by atoms with E-state index in [0.717, 1.165) is 35.5 Å². The van der Waals surface area contributed by atoms with Crippen molar-refractivity contribution in [3.8, 4) is 0 Å². The topological polar surface area (TPSA) is 64.7 Å². The van der Waals surface area contributed by atoms with E-state index in [1.54, 1.807) is 0 Å². The van der Waals surface area contributed by atoms with Crippen LogP contribution < -0.4 is 5.32 Å². The number of nitrogens with one attached hydrogen (secondary N) is 1. The van der Waals surface area contributed by atoms with Crippen LogP contribution in [0.4, 0.5) is 5.69 Å². The van der Waals surface area contributed by atoms with E-state index in [1.165, 1.54) is 11.8 Å². The van der Waals surface area contributed by atoms with E-state index < -0.39 is 0 Å². The van der Waals surface area contributed by atoms with Crippen molar-refractivity contribution in [2.24, 2.45) is 0 Å². The minimum absolute atomic E-state index is 0.0495. The monoisotopic (exact) mass is 369 g/mol. The summed E-state index contributed by atoms with van der Waals surface area (Å²) in [4.78, 5) is 12.4. The molecule has 0 fully saturated rings. The second kappa shape index (κ2) is 8.23. The first-order valence-electron chi connectivity index (χ1n) is 8.67. The molecule has 0 bridgehead atoms. The summed E-state index contributed by atoms with van der Waals surface area (Å²) in [7, 11) is 0. The van der Waals surface area contributed by atoms with Gasteiger partial charge in [-0.05, 0) is 43.5 Å². The Morgan fingerprint density at radius 1 is 1.12 bits per heavy atom. The van der Waals surface area contributed by atoms with Crippen LogP contribution >= 0.6 is 11.8 Å². The van der Waals surface area contributed by atoms with Crippen molar-refractivity contribution in [2.45, 2.75) is 38.8 Å². The summed E-state index contributed by atoms with van der Waals surface area (Å²) >= 11 is 1.39. The highest BCUT2D eigenvalue weighted by molar-refractivity contribution is 7.99. The number of para-hydroxylation sites is 1. The minimum atomic E-state index is -0.0495. The predicted octanol–water partition coefficient (Wildman–Crippen LogP) is 3.69. The molecule has 26 heavy (non-hydrogen) atoms. The largest absolute Gasteiger partial charge is 0.325 e. The fourth-order valence-electron chi connectivity index (χ4n) is 2.77. The van der Waals surface area contributed by atoms with Gasteiger partial charge in [-0.25, -0.2) is 4.68 Å². The van der Waals surface area contributed by atoms with Gasteiger partial charge < -0.3 is 5.32 Å². The van der Waals surface area contributed by atoms with Crippen LogP contribution in [-0.4, -0.2) is 31.2 Å². The molecule has 7 heteroatoms. The summed E-state index contributed by atoms with van der Waals surface area (Å²) in [6.45, 7) is 6.10. The van der Waals surface area contributed by atoms with Crippen LogP contribution in [0.2, 0.25) is 0 Å². The van der Waals surface area contributed by atoms with E-state index in [2.05, 4.69) is 22.4 Å². The molecule has 0 aliphatic heterocycles. The van der Waals surface area contributed by atoms with E-state index in [9.17, 15) is 4.79 Å². The summed E-state index contributed by atoms with van der Waals surface area (Å²) < 4.78 is 3.90. The van der Waals surface area contributed by atoms with Gasteiger partial charge in [0, 0.05) is 24.5 Å². The van der Waals surface area contributed by atoms with Gasteiger partial charge in [-0.3, -0.25) is 9.47 Å². The van der Waals surface area contributed by atoms with Crippen molar-refractivity contribution in [3.63, 3.8) is 0 Å². The van der Waals surface area contributed by atoms with Crippen LogP contribution in [0.1, 0.15) is 30.3 Å². The van der Waals surface area contributed by atoms with Crippen LogP contribution in [0.15, 0.2) is 47.9 Å². The smallest absolute Gasteiger partial charge is 0.234 e. The number of aromatic nitrogens is 4. The van der Waals surface area contributed by atoms with Crippen LogP contribution in [0, 0.1) is 13.8 Å². The van der Waals surface area contributed by atoms with Crippen LogP contribution in [0.5, 0.6) is 0 Å². The lowest BCUT2D eigenvalue weighted by atomic mass is 10.1. The number of carbonyl (C=O) groups is 1.